The number of nitrogens with one attached hydrogen (secondary N) is 1. The molecule has 2 amide bonds. The molecule has 1 fully saturated rings. The molecule has 2 rings (SSSR count). The minimum atomic E-state index is -0.391. The molecule has 1 aromatic rings. The van der Waals surface area contributed by atoms with Crippen LogP contribution in [0.25, 0.3) is 0 Å². The van der Waals surface area contributed by atoms with Crippen molar-refractivity contribution in [3.05, 3.63) is 35.4 Å². The molecule has 4 nitrogen and oxygen atoms in total. The summed E-state index contributed by atoms with van der Waals surface area (Å²) >= 11 is 0. The predicted molar refractivity (Wildman–Crippen MR) is 82.7 cm³/mol. The summed E-state index contributed by atoms with van der Waals surface area (Å²) < 4.78 is 0. The van der Waals surface area contributed by atoms with Gasteiger partial charge in [0.05, 0.1) is 6.04 Å². The molecule has 0 saturated carbocycles. The minimum absolute atomic E-state index is 0.0269. The molecular formula is C17H24N2O2. The molecule has 1 heterocycles. The van der Waals surface area contributed by atoms with Crippen molar-refractivity contribution in [2.24, 2.45) is 5.92 Å². The lowest BCUT2D eigenvalue weighted by molar-refractivity contribution is -0.146. The molecule has 114 valence electrons. The maximum atomic E-state index is 12.6. The van der Waals surface area contributed by atoms with E-state index in [2.05, 4.69) is 19.2 Å². The van der Waals surface area contributed by atoms with Crippen LogP contribution in [-0.2, 0) is 9.59 Å². The highest BCUT2D eigenvalue weighted by Crippen LogP contribution is 2.26. The second kappa shape index (κ2) is 6.29. The van der Waals surface area contributed by atoms with Gasteiger partial charge in [-0.05, 0) is 37.3 Å². The fourth-order valence-electron chi connectivity index (χ4n) is 2.92. The zero-order valence-electron chi connectivity index (χ0n) is 13.2. The Hall–Kier alpha value is -1.84. The van der Waals surface area contributed by atoms with Crippen molar-refractivity contribution in [3.8, 4) is 0 Å². The molecule has 2 atom stereocenters. The number of carbonyl (C=O) groups excluding carboxylic acids is 2. The van der Waals surface area contributed by atoms with Gasteiger partial charge < -0.3 is 10.2 Å². The highest BCUT2D eigenvalue weighted by atomic mass is 16.2. The topological polar surface area (TPSA) is 49.4 Å². The van der Waals surface area contributed by atoms with Gasteiger partial charge in [0.25, 0.3) is 0 Å². The number of rotatable bonds is 4. The summed E-state index contributed by atoms with van der Waals surface area (Å²) in [5.74, 6) is 0.327. The van der Waals surface area contributed by atoms with E-state index in [4.69, 9.17) is 0 Å². The number of hydrogen-bond acceptors (Lipinski definition) is 2. The molecule has 0 aliphatic carbocycles. The Bertz CT molecular complexity index is 539. The van der Waals surface area contributed by atoms with Crippen LogP contribution in [0.2, 0.25) is 0 Å². The van der Waals surface area contributed by atoms with E-state index < -0.39 is 6.04 Å². The van der Waals surface area contributed by atoms with Crippen LogP contribution in [0.4, 0.5) is 0 Å². The average Bonchev–Trinajstić information content (AvgIpc) is 2.41. The number of amides is 2. The van der Waals surface area contributed by atoms with E-state index in [0.717, 1.165) is 11.1 Å². The van der Waals surface area contributed by atoms with Gasteiger partial charge in [0.1, 0.15) is 12.6 Å². The van der Waals surface area contributed by atoms with Gasteiger partial charge in [0.2, 0.25) is 11.8 Å². The normalized spacial score (nSPS) is 20.6. The van der Waals surface area contributed by atoms with Crippen LogP contribution in [0.1, 0.15) is 44.4 Å². The van der Waals surface area contributed by atoms with Gasteiger partial charge in [-0.2, -0.15) is 0 Å². The van der Waals surface area contributed by atoms with Crippen LogP contribution in [-0.4, -0.2) is 29.3 Å². The number of aryl methyl sites for hydroxylation is 1. The van der Waals surface area contributed by atoms with E-state index in [0.29, 0.717) is 12.3 Å². The fraction of sp³-hybridized carbons (Fsp3) is 0.529. The Labute approximate surface area is 126 Å². The van der Waals surface area contributed by atoms with Gasteiger partial charge in [-0.1, -0.05) is 38.1 Å². The van der Waals surface area contributed by atoms with E-state index in [1.54, 1.807) is 4.90 Å². The maximum Gasteiger partial charge on any atom is 0.246 e. The highest BCUT2D eigenvalue weighted by molar-refractivity contribution is 5.95. The Morgan fingerprint density at radius 2 is 1.90 bits per heavy atom. The van der Waals surface area contributed by atoms with Crippen LogP contribution in [0.5, 0.6) is 0 Å². The molecule has 0 bridgehead atoms. The van der Waals surface area contributed by atoms with Gasteiger partial charge in [0.15, 0.2) is 0 Å². The molecule has 1 N–H and O–H groups in total. The van der Waals surface area contributed by atoms with E-state index >= 15 is 0 Å². The summed E-state index contributed by atoms with van der Waals surface area (Å²) in [4.78, 5) is 26.3. The smallest absolute Gasteiger partial charge is 0.246 e. The molecule has 1 aliphatic heterocycles. The molecule has 4 heteroatoms. The predicted octanol–water partition coefficient (Wildman–Crippen LogP) is 2.43. The summed E-state index contributed by atoms with van der Waals surface area (Å²) in [6.07, 6.45) is 0.682. The van der Waals surface area contributed by atoms with E-state index in [1.165, 1.54) is 0 Å². The summed E-state index contributed by atoms with van der Waals surface area (Å²) in [7, 11) is 0. The molecule has 1 saturated heterocycles. The van der Waals surface area contributed by atoms with Crippen molar-refractivity contribution in [1.29, 1.82) is 0 Å². The van der Waals surface area contributed by atoms with Crippen LogP contribution in [0.3, 0.4) is 0 Å². The average molecular weight is 288 g/mol. The lowest BCUT2D eigenvalue weighted by atomic mass is 9.97. The molecule has 0 spiro atoms. The Kier molecular flexibility index (Phi) is 4.66. The van der Waals surface area contributed by atoms with E-state index in [-0.39, 0.29) is 24.4 Å². The first-order chi connectivity index (χ1) is 9.90. The molecule has 0 aromatic heterocycles. The van der Waals surface area contributed by atoms with Gasteiger partial charge in [-0.15, -0.1) is 0 Å². The third kappa shape index (κ3) is 3.43. The van der Waals surface area contributed by atoms with Crippen LogP contribution in [0, 0.1) is 12.8 Å². The number of hydrogen-bond donors (Lipinski definition) is 1. The first-order valence-electron chi connectivity index (χ1n) is 7.55. The Morgan fingerprint density at radius 1 is 1.24 bits per heavy atom. The van der Waals surface area contributed by atoms with Crippen molar-refractivity contribution in [2.45, 2.75) is 46.2 Å². The standard InChI is InChI=1S/C17H24N2O2/c1-11(2)9-15-17(21)19(10-16(20)18-15)13(4)14-8-6-5-7-12(14)3/h5-8,11,13,15H,9-10H2,1-4H3,(H,18,20). The van der Waals surface area contributed by atoms with Gasteiger partial charge in [-0.25, -0.2) is 0 Å². The summed E-state index contributed by atoms with van der Waals surface area (Å²) in [5.41, 5.74) is 2.24. The van der Waals surface area contributed by atoms with E-state index in [9.17, 15) is 9.59 Å². The SMILES string of the molecule is Cc1ccccc1C(C)N1CC(=O)NC(CC(C)C)C1=O. The third-order valence-electron chi connectivity index (χ3n) is 4.04. The van der Waals surface area contributed by atoms with Crippen molar-refractivity contribution in [3.63, 3.8) is 0 Å². The minimum Gasteiger partial charge on any atom is -0.343 e. The molecular weight excluding hydrogens is 264 g/mol. The molecule has 1 aromatic carbocycles. The second-order valence-corrected chi connectivity index (χ2v) is 6.25. The van der Waals surface area contributed by atoms with Crippen molar-refractivity contribution < 1.29 is 9.59 Å². The maximum absolute atomic E-state index is 12.6. The first-order valence-corrected chi connectivity index (χ1v) is 7.55. The third-order valence-corrected chi connectivity index (χ3v) is 4.04. The molecule has 2 unspecified atom stereocenters. The number of nitrogens with zero attached hydrogens (tertiary/aromatic N) is 1. The Balaban J connectivity index is 2.23. The number of benzene rings is 1. The summed E-state index contributed by atoms with van der Waals surface area (Å²) in [6.45, 7) is 8.28. The Morgan fingerprint density at radius 3 is 2.52 bits per heavy atom. The summed E-state index contributed by atoms with van der Waals surface area (Å²) in [5, 5.41) is 2.82. The largest absolute Gasteiger partial charge is 0.343 e. The van der Waals surface area contributed by atoms with Crippen molar-refractivity contribution in [1.82, 2.24) is 10.2 Å². The molecule has 0 radical (unpaired) electrons. The fourth-order valence-corrected chi connectivity index (χ4v) is 2.92. The van der Waals surface area contributed by atoms with Gasteiger partial charge in [0, 0.05) is 0 Å². The van der Waals surface area contributed by atoms with Gasteiger partial charge in [-0.3, -0.25) is 9.59 Å². The zero-order chi connectivity index (χ0) is 15.6. The van der Waals surface area contributed by atoms with Gasteiger partial charge >= 0.3 is 0 Å². The molecule has 1 aliphatic rings. The van der Waals surface area contributed by atoms with E-state index in [1.807, 2.05) is 38.1 Å². The lowest BCUT2D eigenvalue weighted by Gasteiger charge is -2.37. The van der Waals surface area contributed by atoms with Crippen molar-refractivity contribution >= 4 is 11.8 Å². The monoisotopic (exact) mass is 288 g/mol. The van der Waals surface area contributed by atoms with Crippen LogP contribution in [0.15, 0.2) is 24.3 Å². The first kappa shape index (κ1) is 15.5. The van der Waals surface area contributed by atoms with Crippen LogP contribution >= 0.6 is 0 Å². The second-order valence-electron chi connectivity index (χ2n) is 6.25. The number of piperazine rings is 1. The lowest BCUT2D eigenvalue weighted by Crippen LogP contribution is -2.58. The summed E-state index contributed by atoms with van der Waals surface area (Å²) in [6, 6.07) is 7.54. The molecule has 21 heavy (non-hydrogen) atoms. The van der Waals surface area contributed by atoms with Crippen molar-refractivity contribution in [2.75, 3.05) is 6.54 Å². The zero-order valence-corrected chi connectivity index (χ0v) is 13.2. The highest BCUT2D eigenvalue weighted by Gasteiger charge is 2.35. The quantitative estimate of drug-likeness (QED) is 0.925. The number of carbonyl (C=O) groups is 2. The van der Waals surface area contributed by atoms with Crippen LogP contribution < -0.4 is 5.32 Å².